The third kappa shape index (κ3) is 3.40. The molecule has 4 aromatic rings. The van der Waals surface area contributed by atoms with Crippen LogP contribution in [0.3, 0.4) is 0 Å². The van der Waals surface area contributed by atoms with Crippen molar-refractivity contribution in [2.45, 2.75) is 40.3 Å². The molecule has 3 aromatic heterocycles. The highest BCUT2D eigenvalue weighted by Gasteiger charge is 2.22. The van der Waals surface area contributed by atoms with E-state index in [0.29, 0.717) is 16.9 Å². The van der Waals surface area contributed by atoms with Crippen LogP contribution >= 0.6 is 0 Å². The van der Waals surface area contributed by atoms with Crippen LogP contribution < -0.4 is 11.2 Å². The molecule has 0 radical (unpaired) electrons. The third-order valence-corrected chi connectivity index (χ3v) is 6.21. The summed E-state index contributed by atoms with van der Waals surface area (Å²) in [5, 5.41) is 0. The Hall–Kier alpha value is -3.13. The Labute approximate surface area is 181 Å². The first-order valence-electron chi connectivity index (χ1n) is 10.6. The molecule has 0 N–H and O–H groups in total. The third-order valence-electron chi connectivity index (χ3n) is 6.21. The minimum absolute atomic E-state index is 0.239. The van der Waals surface area contributed by atoms with Crippen LogP contribution in [-0.4, -0.2) is 48.6 Å². The average Bonchev–Trinajstić information content (AvgIpc) is 3.22. The Morgan fingerprint density at radius 2 is 1.71 bits per heavy atom. The molecule has 0 amide bonds. The summed E-state index contributed by atoms with van der Waals surface area (Å²) in [7, 11) is 5.79. The number of imidazole rings is 2. The Bertz CT molecular complexity index is 1400. The molecule has 0 saturated heterocycles. The average molecular weight is 423 g/mol. The molecule has 8 heteroatoms. The molecule has 0 unspecified atom stereocenters. The van der Waals surface area contributed by atoms with Crippen molar-refractivity contribution in [2.75, 3.05) is 20.6 Å². The topological polar surface area (TPSA) is 69.5 Å². The molecule has 0 aliphatic carbocycles. The van der Waals surface area contributed by atoms with Gasteiger partial charge in [-0.2, -0.15) is 4.98 Å². The summed E-state index contributed by atoms with van der Waals surface area (Å²) in [5.74, 6) is 0.712. The van der Waals surface area contributed by atoms with E-state index in [-0.39, 0.29) is 17.8 Å². The van der Waals surface area contributed by atoms with Gasteiger partial charge < -0.3 is 9.47 Å². The van der Waals surface area contributed by atoms with Crippen molar-refractivity contribution in [2.24, 2.45) is 7.05 Å². The van der Waals surface area contributed by atoms with Gasteiger partial charge in [0.15, 0.2) is 11.2 Å². The van der Waals surface area contributed by atoms with Crippen LogP contribution in [-0.2, 0) is 20.1 Å². The van der Waals surface area contributed by atoms with E-state index in [4.69, 9.17) is 4.98 Å². The van der Waals surface area contributed by atoms with Gasteiger partial charge in [0, 0.05) is 25.0 Å². The van der Waals surface area contributed by atoms with Gasteiger partial charge in [0.1, 0.15) is 0 Å². The fraction of sp³-hybridized carbons (Fsp3) is 0.435. The van der Waals surface area contributed by atoms with Crippen LogP contribution in [0.15, 0.2) is 33.9 Å². The van der Waals surface area contributed by atoms with Crippen LogP contribution in [0.25, 0.3) is 16.9 Å². The maximum atomic E-state index is 13.5. The summed E-state index contributed by atoms with van der Waals surface area (Å²) in [6, 6.07) is 7.82. The van der Waals surface area contributed by atoms with Crippen molar-refractivity contribution in [3.63, 3.8) is 0 Å². The van der Waals surface area contributed by atoms with E-state index in [1.165, 1.54) is 9.13 Å². The molecule has 0 fully saturated rings. The number of rotatable bonds is 6. The van der Waals surface area contributed by atoms with E-state index >= 15 is 0 Å². The first-order chi connectivity index (χ1) is 14.7. The number of nitrogens with zero attached hydrogens (tertiary/aromatic N) is 6. The summed E-state index contributed by atoms with van der Waals surface area (Å²) in [6.07, 6.45) is 0.970. The second kappa shape index (κ2) is 7.85. The number of fused-ring (bicyclic) bond motifs is 3. The molecule has 4 rings (SSSR count). The summed E-state index contributed by atoms with van der Waals surface area (Å²) >= 11 is 0. The summed E-state index contributed by atoms with van der Waals surface area (Å²) in [6.45, 7) is 8.05. The first kappa shape index (κ1) is 21.1. The lowest BCUT2D eigenvalue weighted by Gasteiger charge is -2.11. The van der Waals surface area contributed by atoms with E-state index in [1.54, 1.807) is 7.05 Å². The number of aryl methyl sites for hydroxylation is 4. The molecule has 1 aromatic carbocycles. The normalized spacial score (nSPS) is 12.0. The Balaban J connectivity index is 1.94. The highest BCUT2D eigenvalue weighted by atomic mass is 16.2. The molecule has 8 nitrogen and oxygen atoms in total. The summed E-state index contributed by atoms with van der Waals surface area (Å²) in [4.78, 5) is 33.5. The van der Waals surface area contributed by atoms with Gasteiger partial charge in [0.05, 0.1) is 6.54 Å². The molecule has 0 bridgehead atoms. The van der Waals surface area contributed by atoms with Gasteiger partial charge in [0.25, 0.3) is 5.56 Å². The zero-order chi connectivity index (χ0) is 22.4. The minimum Gasteiger partial charge on any atom is -0.314 e. The van der Waals surface area contributed by atoms with E-state index in [9.17, 15) is 9.59 Å². The maximum absolute atomic E-state index is 13.5. The van der Waals surface area contributed by atoms with Crippen LogP contribution in [0.2, 0.25) is 0 Å². The SMILES string of the molecule is Cc1ccccc1Cn1c(=O)c2c(nc3n(CCCN(C)C)c(C)c(C)n23)n(C)c1=O. The molecule has 0 aliphatic heterocycles. The smallest absolute Gasteiger partial charge is 0.314 e. The Morgan fingerprint density at radius 1 is 1.00 bits per heavy atom. The minimum atomic E-state index is -0.352. The summed E-state index contributed by atoms with van der Waals surface area (Å²) < 4.78 is 6.86. The van der Waals surface area contributed by atoms with Gasteiger partial charge >= 0.3 is 5.69 Å². The standard InChI is InChI=1S/C23H30N6O2/c1-15-10-7-8-11-18(15)14-28-21(30)19-20(26(6)23(28)31)24-22-27(13-9-12-25(4)5)16(2)17(3)29(19)22/h7-8,10-11H,9,12-14H2,1-6H3. The molecule has 0 spiro atoms. The van der Waals surface area contributed by atoms with Crippen molar-refractivity contribution in [3.05, 3.63) is 67.6 Å². The van der Waals surface area contributed by atoms with Crippen molar-refractivity contribution in [1.82, 2.24) is 28.0 Å². The van der Waals surface area contributed by atoms with Gasteiger partial charge in [-0.05, 0) is 59.0 Å². The second-order valence-corrected chi connectivity index (χ2v) is 8.56. The van der Waals surface area contributed by atoms with Gasteiger partial charge in [-0.25, -0.2) is 4.79 Å². The zero-order valence-corrected chi connectivity index (χ0v) is 19.1. The zero-order valence-electron chi connectivity index (χ0n) is 19.1. The molecule has 3 heterocycles. The number of hydrogen-bond acceptors (Lipinski definition) is 4. The van der Waals surface area contributed by atoms with Crippen LogP contribution in [0, 0.1) is 20.8 Å². The Morgan fingerprint density at radius 3 is 2.39 bits per heavy atom. The molecular weight excluding hydrogens is 392 g/mol. The summed E-state index contributed by atoms with van der Waals surface area (Å²) in [5.41, 5.74) is 4.29. The first-order valence-corrected chi connectivity index (χ1v) is 10.6. The van der Waals surface area contributed by atoms with Crippen LogP contribution in [0.1, 0.15) is 28.9 Å². The lowest BCUT2D eigenvalue weighted by atomic mass is 10.1. The highest BCUT2D eigenvalue weighted by Crippen LogP contribution is 2.21. The van der Waals surface area contributed by atoms with Crippen molar-refractivity contribution in [1.29, 1.82) is 0 Å². The molecule has 0 saturated carbocycles. The molecule has 0 aliphatic rings. The highest BCUT2D eigenvalue weighted by molar-refractivity contribution is 5.76. The Kier molecular flexibility index (Phi) is 5.35. The number of hydrogen-bond donors (Lipinski definition) is 0. The molecule has 164 valence electrons. The lowest BCUT2D eigenvalue weighted by Crippen LogP contribution is -2.39. The molecule has 0 atom stereocenters. The van der Waals surface area contributed by atoms with Crippen molar-refractivity contribution in [3.8, 4) is 0 Å². The van der Waals surface area contributed by atoms with Crippen LogP contribution in [0.4, 0.5) is 0 Å². The fourth-order valence-electron chi connectivity index (χ4n) is 4.23. The van der Waals surface area contributed by atoms with Crippen LogP contribution in [0.5, 0.6) is 0 Å². The molecule has 31 heavy (non-hydrogen) atoms. The van der Waals surface area contributed by atoms with Crippen molar-refractivity contribution >= 4 is 16.9 Å². The fourth-order valence-corrected chi connectivity index (χ4v) is 4.23. The predicted molar refractivity (Wildman–Crippen MR) is 123 cm³/mol. The number of benzene rings is 1. The van der Waals surface area contributed by atoms with E-state index in [0.717, 1.165) is 42.0 Å². The molecular formula is C23H30N6O2. The largest absolute Gasteiger partial charge is 0.332 e. The predicted octanol–water partition coefficient (Wildman–Crippen LogP) is 2.07. The van der Waals surface area contributed by atoms with E-state index in [2.05, 4.69) is 30.5 Å². The lowest BCUT2D eigenvalue weighted by molar-refractivity contribution is 0.386. The number of aromatic nitrogens is 5. The van der Waals surface area contributed by atoms with Gasteiger partial charge in [-0.3, -0.25) is 18.3 Å². The van der Waals surface area contributed by atoms with Crippen molar-refractivity contribution < 1.29 is 0 Å². The van der Waals surface area contributed by atoms with Gasteiger partial charge in [0.2, 0.25) is 5.78 Å². The maximum Gasteiger partial charge on any atom is 0.332 e. The van der Waals surface area contributed by atoms with Gasteiger partial charge in [-0.15, -0.1) is 0 Å². The quantitative estimate of drug-likeness (QED) is 0.477. The second-order valence-electron chi connectivity index (χ2n) is 8.56. The monoisotopic (exact) mass is 422 g/mol. The van der Waals surface area contributed by atoms with Gasteiger partial charge in [-0.1, -0.05) is 24.3 Å². The van der Waals surface area contributed by atoms with E-state index < -0.39 is 0 Å². The van der Waals surface area contributed by atoms with E-state index in [1.807, 2.05) is 42.5 Å².